The van der Waals surface area contributed by atoms with Gasteiger partial charge in [-0.2, -0.15) is 11.8 Å². The van der Waals surface area contributed by atoms with Crippen LogP contribution >= 0.6 is 11.8 Å². The molecule has 252 valence electrons. The van der Waals surface area contributed by atoms with E-state index in [1.165, 1.54) is 11.8 Å². The van der Waals surface area contributed by atoms with E-state index in [1.54, 1.807) is 20.1 Å². The van der Waals surface area contributed by atoms with E-state index in [1.807, 2.05) is 0 Å². The Morgan fingerprint density at radius 2 is 1.11 bits per heavy atom. The number of nitrogens with one attached hydrogen (secondary N) is 4. The number of hydrogen-bond acceptors (Lipinski definition) is 10. The number of rotatable bonds is 24. The molecule has 0 aromatic rings. The topological polar surface area (TPSA) is 280 Å². The fourth-order valence-corrected chi connectivity index (χ4v) is 4.48. The maximum Gasteiger partial charge on any atom is 0.326 e. The van der Waals surface area contributed by atoms with Crippen LogP contribution in [0.25, 0.3) is 0 Å². The first-order chi connectivity index (χ1) is 20.6. The monoisotopic (exact) mass is 648 g/mol. The minimum absolute atomic E-state index is 0.103. The minimum atomic E-state index is -1.49. The van der Waals surface area contributed by atoms with Crippen molar-refractivity contribution in [3.63, 3.8) is 0 Å². The molecule has 0 spiro atoms. The largest absolute Gasteiger partial charge is 0.481 e. The number of thioether (sulfide) groups is 1. The first-order valence-corrected chi connectivity index (χ1v) is 15.8. The van der Waals surface area contributed by atoms with E-state index in [0.29, 0.717) is 25.1 Å². The molecule has 0 saturated carbocycles. The van der Waals surface area contributed by atoms with E-state index in [4.69, 9.17) is 16.6 Å². The number of carbonyl (C=O) groups is 7. The first kappa shape index (κ1) is 40.6. The Morgan fingerprint density at radius 1 is 0.659 bits per heavy atom. The summed E-state index contributed by atoms with van der Waals surface area (Å²) in [6, 6.07) is -6.33. The average Bonchev–Trinajstić information content (AvgIpc) is 2.93. The summed E-state index contributed by atoms with van der Waals surface area (Å²) < 4.78 is 0. The average molecular weight is 649 g/mol. The Labute approximate surface area is 261 Å². The van der Waals surface area contributed by atoms with Gasteiger partial charge in [0.2, 0.25) is 23.6 Å². The molecule has 0 unspecified atom stereocenters. The number of carboxylic acids is 3. The molecule has 0 aliphatic heterocycles. The van der Waals surface area contributed by atoms with E-state index >= 15 is 0 Å². The number of aliphatic carboxylic acids is 3. The molecule has 16 nitrogen and oxygen atoms in total. The molecule has 0 radical (unpaired) electrons. The van der Waals surface area contributed by atoms with Gasteiger partial charge in [0.05, 0.1) is 6.04 Å². The zero-order valence-electron chi connectivity index (χ0n) is 25.5. The van der Waals surface area contributed by atoms with Gasteiger partial charge in [0.1, 0.15) is 24.2 Å². The summed E-state index contributed by atoms with van der Waals surface area (Å²) >= 11 is 1.40. The maximum absolute atomic E-state index is 13.3. The summed E-state index contributed by atoms with van der Waals surface area (Å²) in [7, 11) is 0. The van der Waals surface area contributed by atoms with Crippen molar-refractivity contribution >= 4 is 53.3 Å². The highest BCUT2D eigenvalue weighted by Gasteiger charge is 2.32. The fourth-order valence-electron chi connectivity index (χ4n) is 4.00. The Balaban J connectivity index is 5.92. The molecule has 44 heavy (non-hydrogen) atoms. The molecule has 4 amide bonds. The van der Waals surface area contributed by atoms with Gasteiger partial charge in [0, 0.05) is 12.8 Å². The Kier molecular flexibility index (Phi) is 20.4. The summed E-state index contributed by atoms with van der Waals surface area (Å²) in [5.74, 6) is -6.79. The van der Waals surface area contributed by atoms with Gasteiger partial charge in [-0.05, 0) is 63.0 Å². The standard InChI is InChI=1S/C27H48N6O10S/c1-15(2)14-20(26(41)32-19(27(42)43)11-13-44-3)33-25(40)18(8-10-22(36)37)31-24(39)17(7-9-21(34)35)30-23(38)16(29)6-4-5-12-28/h15-20H,4-14,28-29H2,1-3H3,(H,30,38)(H,31,39)(H,32,41)(H,33,40)(H,34,35)(H,36,37)(H,42,43)/t16-,17-,18-,19-,20-/m0/s1. The SMILES string of the molecule is CSCC[C@H](NC(=O)[C@H](CC(C)C)NC(=O)[C@H](CCC(=O)O)NC(=O)[C@H](CCC(=O)O)NC(=O)[C@@H](N)CCCCN)C(=O)O. The minimum Gasteiger partial charge on any atom is -0.481 e. The normalized spacial score (nSPS) is 14.4. The van der Waals surface area contributed by atoms with E-state index in [9.17, 15) is 43.8 Å². The molecule has 17 heteroatoms. The summed E-state index contributed by atoms with van der Waals surface area (Å²) in [4.78, 5) is 86.3. The Morgan fingerprint density at radius 3 is 1.55 bits per heavy atom. The van der Waals surface area contributed by atoms with Crippen LogP contribution in [0.15, 0.2) is 0 Å². The van der Waals surface area contributed by atoms with Crippen molar-refractivity contribution in [1.29, 1.82) is 0 Å². The van der Waals surface area contributed by atoms with Crippen LogP contribution in [-0.4, -0.2) is 106 Å². The van der Waals surface area contributed by atoms with Gasteiger partial charge in [0.15, 0.2) is 0 Å². The zero-order valence-corrected chi connectivity index (χ0v) is 26.3. The predicted molar refractivity (Wildman–Crippen MR) is 162 cm³/mol. The second-order valence-corrected chi connectivity index (χ2v) is 11.7. The van der Waals surface area contributed by atoms with E-state index in [0.717, 1.165) is 0 Å². The van der Waals surface area contributed by atoms with Gasteiger partial charge in [-0.3, -0.25) is 28.8 Å². The molecule has 5 atom stereocenters. The predicted octanol–water partition coefficient (Wildman–Crippen LogP) is -1.00. The first-order valence-electron chi connectivity index (χ1n) is 14.4. The van der Waals surface area contributed by atoms with Crippen molar-refractivity contribution in [2.75, 3.05) is 18.6 Å². The second-order valence-electron chi connectivity index (χ2n) is 10.7. The highest BCUT2D eigenvalue weighted by molar-refractivity contribution is 7.98. The molecule has 0 aromatic heterocycles. The smallest absolute Gasteiger partial charge is 0.326 e. The molecule has 0 aromatic carbocycles. The number of unbranched alkanes of at least 4 members (excludes halogenated alkanes) is 1. The van der Waals surface area contributed by atoms with Gasteiger partial charge in [-0.15, -0.1) is 0 Å². The second kappa shape index (κ2) is 22.1. The van der Waals surface area contributed by atoms with Crippen molar-refractivity contribution < 1.29 is 48.9 Å². The van der Waals surface area contributed by atoms with E-state index in [2.05, 4.69) is 21.3 Å². The number of nitrogens with two attached hydrogens (primary N) is 2. The number of carboxylic acid groups (broad SMARTS) is 3. The van der Waals surface area contributed by atoms with Gasteiger partial charge in [-0.1, -0.05) is 20.3 Å². The van der Waals surface area contributed by atoms with Gasteiger partial charge in [-0.25, -0.2) is 4.79 Å². The molecule has 0 heterocycles. The van der Waals surface area contributed by atoms with Crippen LogP contribution in [-0.2, 0) is 33.6 Å². The summed E-state index contributed by atoms with van der Waals surface area (Å²) in [6.07, 6.45) is 1.65. The molecule has 0 aliphatic carbocycles. The lowest BCUT2D eigenvalue weighted by Gasteiger charge is -2.27. The third kappa shape index (κ3) is 17.6. The van der Waals surface area contributed by atoms with Crippen LogP contribution in [0.5, 0.6) is 0 Å². The number of carbonyl (C=O) groups excluding carboxylic acids is 4. The lowest BCUT2D eigenvalue weighted by Crippen LogP contribution is -2.58. The summed E-state index contributed by atoms with van der Waals surface area (Å²) in [5, 5.41) is 37.5. The van der Waals surface area contributed by atoms with Crippen LogP contribution in [0.1, 0.15) is 71.6 Å². The van der Waals surface area contributed by atoms with Crippen LogP contribution in [0.2, 0.25) is 0 Å². The quantitative estimate of drug-likeness (QED) is 0.0568. The Bertz CT molecular complexity index is 983. The fraction of sp³-hybridized carbons (Fsp3) is 0.741. The molecule has 11 N–H and O–H groups in total. The van der Waals surface area contributed by atoms with E-state index < -0.39 is 91.0 Å². The summed E-state index contributed by atoms with van der Waals surface area (Å²) in [6.45, 7) is 3.94. The van der Waals surface area contributed by atoms with Crippen molar-refractivity contribution in [2.45, 2.75) is 102 Å². The van der Waals surface area contributed by atoms with Crippen molar-refractivity contribution in [2.24, 2.45) is 17.4 Å². The third-order valence-corrected chi connectivity index (χ3v) is 7.08. The molecule has 0 saturated heterocycles. The number of hydrogen-bond donors (Lipinski definition) is 9. The lowest BCUT2D eigenvalue weighted by molar-refractivity contribution is -0.142. The summed E-state index contributed by atoms with van der Waals surface area (Å²) in [5.41, 5.74) is 11.3. The zero-order chi connectivity index (χ0) is 33.8. The highest BCUT2D eigenvalue weighted by Crippen LogP contribution is 2.10. The van der Waals surface area contributed by atoms with Gasteiger partial charge in [0.25, 0.3) is 0 Å². The van der Waals surface area contributed by atoms with Crippen LogP contribution in [0.4, 0.5) is 0 Å². The number of amides is 4. The highest BCUT2D eigenvalue weighted by atomic mass is 32.2. The molecule has 0 fully saturated rings. The third-order valence-electron chi connectivity index (χ3n) is 6.43. The molecular formula is C27H48N6O10S. The molecular weight excluding hydrogens is 600 g/mol. The van der Waals surface area contributed by atoms with Crippen molar-refractivity contribution in [3.8, 4) is 0 Å². The van der Waals surface area contributed by atoms with Crippen molar-refractivity contribution in [1.82, 2.24) is 21.3 Å². The lowest BCUT2D eigenvalue weighted by atomic mass is 10.0. The molecule has 0 aliphatic rings. The van der Waals surface area contributed by atoms with Crippen LogP contribution < -0.4 is 32.7 Å². The maximum atomic E-state index is 13.3. The van der Waals surface area contributed by atoms with Gasteiger partial charge < -0.3 is 48.1 Å². The Hall–Kier alpha value is -3.44. The van der Waals surface area contributed by atoms with Crippen LogP contribution in [0, 0.1) is 5.92 Å². The molecule has 0 bridgehead atoms. The molecule has 0 rings (SSSR count). The van der Waals surface area contributed by atoms with E-state index in [-0.39, 0.29) is 31.6 Å². The van der Waals surface area contributed by atoms with Crippen LogP contribution in [0.3, 0.4) is 0 Å². The van der Waals surface area contributed by atoms with Gasteiger partial charge >= 0.3 is 17.9 Å². The van der Waals surface area contributed by atoms with Crippen molar-refractivity contribution in [3.05, 3.63) is 0 Å².